The van der Waals surface area contributed by atoms with Crippen molar-refractivity contribution in [3.63, 3.8) is 0 Å². The fourth-order valence-electron chi connectivity index (χ4n) is 6.65. The summed E-state index contributed by atoms with van der Waals surface area (Å²) >= 11 is 0. The van der Waals surface area contributed by atoms with Crippen LogP contribution in [0, 0.1) is 6.92 Å². The largest absolute Gasteiger partial charge is 0.493 e. The van der Waals surface area contributed by atoms with Crippen molar-refractivity contribution < 1.29 is 23.8 Å². The zero-order valence-electron chi connectivity index (χ0n) is 30.4. The summed E-state index contributed by atoms with van der Waals surface area (Å²) in [6.45, 7) is 16.2. The summed E-state index contributed by atoms with van der Waals surface area (Å²) in [7, 11) is 1.53. The van der Waals surface area contributed by atoms with Crippen molar-refractivity contribution in [3.05, 3.63) is 63.8 Å². The molecule has 12 nitrogen and oxygen atoms in total. The average molecular weight is 683 g/mol. The Morgan fingerprint density at radius 1 is 1.06 bits per heavy atom. The highest BCUT2D eigenvalue weighted by atomic mass is 16.6. The molecule has 6 rings (SSSR count). The fraction of sp³-hybridized carbons (Fsp3) is 0.474. The number of piperazine rings is 1. The highest BCUT2D eigenvalue weighted by molar-refractivity contribution is 5.93. The Balaban J connectivity index is 1.62. The van der Waals surface area contributed by atoms with Gasteiger partial charge in [0.05, 0.1) is 29.6 Å². The Morgan fingerprint density at radius 3 is 2.42 bits per heavy atom. The number of rotatable bonds is 7. The second-order valence-electron chi connectivity index (χ2n) is 14.5. The average Bonchev–Trinajstić information content (AvgIpc) is 3.89. The number of aryl methyl sites for hydroxylation is 1. The lowest BCUT2D eigenvalue weighted by molar-refractivity contribution is -0.131. The predicted molar refractivity (Wildman–Crippen MR) is 192 cm³/mol. The number of para-hydroxylation sites is 1. The zero-order valence-corrected chi connectivity index (χ0v) is 30.4. The first kappa shape index (κ1) is 34.8. The minimum Gasteiger partial charge on any atom is -0.493 e. The molecule has 3 aromatic heterocycles. The number of carbonyl (C=O) groups excluding carboxylic acids is 2. The van der Waals surface area contributed by atoms with Crippen LogP contribution < -0.4 is 20.1 Å². The van der Waals surface area contributed by atoms with Gasteiger partial charge < -0.3 is 24.0 Å². The molecule has 2 aliphatic rings. The number of fused-ring (bicyclic) bond motifs is 1. The lowest BCUT2D eigenvalue weighted by atomic mass is 9.99. The molecule has 1 aliphatic carbocycles. The van der Waals surface area contributed by atoms with Crippen LogP contribution in [0.4, 0.5) is 10.6 Å². The quantitative estimate of drug-likeness (QED) is 0.157. The van der Waals surface area contributed by atoms with Gasteiger partial charge in [-0.2, -0.15) is 4.98 Å². The van der Waals surface area contributed by atoms with E-state index in [9.17, 15) is 14.4 Å². The molecular weight excluding hydrogens is 636 g/mol. The molecule has 2 fully saturated rings. The van der Waals surface area contributed by atoms with E-state index in [1.165, 1.54) is 14.0 Å². The minimum atomic E-state index is -0.611. The molecule has 1 unspecified atom stereocenters. The van der Waals surface area contributed by atoms with E-state index >= 15 is 0 Å². The number of methoxy groups -OCH3 is 1. The van der Waals surface area contributed by atoms with E-state index < -0.39 is 17.3 Å². The molecular formula is C38H46N6O6. The Bertz CT molecular complexity index is 2030. The summed E-state index contributed by atoms with van der Waals surface area (Å²) in [6, 6.07) is 9.24. The maximum atomic E-state index is 14.4. The number of nitrogens with zero attached hydrogens (tertiary/aromatic N) is 6. The van der Waals surface area contributed by atoms with Crippen LogP contribution >= 0.6 is 0 Å². The first-order valence-electron chi connectivity index (χ1n) is 17.2. The van der Waals surface area contributed by atoms with Gasteiger partial charge in [-0.15, -0.1) is 0 Å². The summed E-state index contributed by atoms with van der Waals surface area (Å²) in [4.78, 5) is 58.3. The molecule has 4 aromatic rings. The summed E-state index contributed by atoms with van der Waals surface area (Å²) in [5, 5.41) is 0.711. The van der Waals surface area contributed by atoms with Crippen molar-refractivity contribution in [1.82, 2.24) is 24.4 Å². The summed E-state index contributed by atoms with van der Waals surface area (Å²) < 4.78 is 18.6. The van der Waals surface area contributed by atoms with Gasteiger partial charge in [-0.25, -0.2) is 19.1 Å². The van der Waals surface area contributed by atoms with Crippen molar-refractivity contribution in [2.24, 2.45) is 0 Å². The van der Waals surface area contributed by atoms with Gasteiger partial charge in [-0.3, -0.25) is 9.78 Å². The maximum absolute atomic E-state index is 14.4. The summed E-state index contributed by atoms with van der Waals surface area (Å²) in [5.74, 6) is 0.922. The maximum Gasteiger partial charge on any atom is 0.410 e. The molecule has 12 heteroatoms. The molecule has 1 saturated heterocycles. The Labute approximate surface area is 292 Å². The van der Waals surface area contributed by atoms with E-state index in [1.807, 2.05) is 66.7 Å². The second-order valence-corrected chi connectivity index (χ2v) is 14.5. The van der Waals surface area contributed by atoms with Gasteiger partial charge in [0.1, 0.15) is 11.4 Å². The number of carbonyl (C=O) groups is 2. The standard InChI is InChI=1S/C38H46N6O6/c1-21(2)30-32(22(3)15-16-39-30)44-35-28(34(41-36(44)46)43-18-17-42(20-23(43)4)37(47)50-38(6,7)8)19-27(25-13-14-25)31(40-35)26-11-10-12-29(48-9)33(26)49-24(5)45/h10-12,15-16,19,21,23,25H,13-14,17-18,20H2,1-9H3. The molecule has 50 heavy (non-hydrogen) atoms. The molecule has 1 aliphatic heterocycles. The number of pyridine rings is 2. The Hall–Kier alpha value is -5.00. The lowest BCUT2D eigenvalue weighted by Gasteiger charge is -2.41. The van der Waals surface area contributed by atoms with E-state index in [2.05, 4.69) is 11.0 Å². The number of ether oxygens (including phenoxy) is 3. The molecule has 0 radical (unpaired) electrons. The van der Waals surface area contributed by atoms with Gasteiger partial charge in [0.2, 0.25) is 0 Å². The zero-order chi connectivity index (χ0) is 36.1. The second kappa shape index (κ2) is 13.4. The third-order valence-electron chi connectivity index (χ3n) is 9.07. The molecule has 4 heterocycles. The summed E-state index contributed by atoms with van der Waals surface area (Å²) in [6.07, 6.45) is 3.33. The third kappa shape index (κ3) is 6.75. The highest BCUT2D eigenvalue weighted by Gasteiger charge is 2.35. The van der Waals surface area contributed by atoms with Gasteiger partial charge in [0.15, 0.2) is 17.1 Å². The lowest BCUT2D eigenvalue weighted by Crippen LogP contribution is -2.55. The van der Waals surface area contributed by atoms with Crippen LogP contribution in [0.15, 0.2) is 41.3 Å². The van der Waals surface area contributed by atoms with E-state index in [-0.39, 0.29) is 29.7 Å². The van der Waals surface area contributed by atoms with Crippen LogP contribution in [0.25, 0.3) is 28.0 Å². The first-order valence-corrected chi connectivity index (χ1v) is 17.2. The van der Waals surface area contributed by atoms with E-state index in [0.717, 1.165) is 29.7 Å². The number of hydrogen-bond donors (Lipinski definition) is 0. The minimum absolute atomic E-state index is 0.00615. The topological polar surface area (TPSA) is 129 Å². The smallest absolute Gasteiger partial charge is 0.410 e. The molecule has 0 spiro atoms. The van der Waals surface area contributed by atoms with Gasteiger partial charge >= 0.3 is 17.8 Å². The number of anilines is 1. The predicted octanol–water partition coefficient (Wildman–Crippen LogP) is 6.53. The van der Waals surface area contributed by atoms with Crippen molar-refractivity contribution in [2.45, 2.75) is 91.7 Å². The molecule has 1 saturated carbocycles. The summed E-state index contributed by atoms with van der Waals surface area (Å²) in [5.41, 5.74) is 3.73. The van der Waals surface area contributed by atoms with Crippen LogP contribution in [-0.4, -0.2) is 74.9 Å². The molecule has 264 valence electrons. The van der Waals surface area contributed by atoms with E-state index in [0.29, 0.717) is 59.2 Å². The molecule has 1 aromatic carbocycles. The van der Waals surface area contributed by atoms with Crippen LogP contribution in [0.3, 0.4) is 0 Å². The molecule has 1 atom stereocenters. The number of aromatic nitrogens is 4. The Kier molecular flexibility index (Phi) is 9.32. The molecule has 0 bridgehead atoms. The fourth-order valence-corrected chi connectivity index (χ4v) is 6.65. The normalized spacial score (nSPS) is 16.6. The third-order valence-corrected chi connectivity index (χ3v) is 9.07. The van der Waals surface area contributed by atoms with Crippen LogP contribution in [0.5, 0.6) is 11.5 Å². The first-order chi connectivity index (χ1) is 23.7. The van der Waals surface area contributed by atoms with Gasteiger partial charge in [-0.05, 0) is 94.7 Å². The van der Waals surface area contributed by atoms with Crippen molar-refractivity contribution >= 4 is 28.9 Å². The van der Waals surface area contributed by atoms with Crippen molar-refractivity contribution in [2.75, 3.05) is 31.6 Å². The number of hydrogen-bond acceptors (Lipinski definition) is 10. The van der Waals surface area contributed by atoms with Gasteiger partial charge in [0.25, 0.3) is 0 Å². The van der Waals surface area contributed by atoms with Crippen molar-refractivity contribution in [1.29, 1.82) is 0 Å². The van der Waals surface area contributed by atoms with E-state index in [4.69, 9.17) is 29.2 Å². The van der Waals surface area contributed by atoms with Crippen LogP contribution in [-0.2, 0) is 9.53 Å². The SMILES string of the molecule is COc1cccc(-c2nc3c(cc2C2CC2)c(N2CCN(C(=O)OC(C)(C)C)CC2C)nc(=O)n3-c2c(C)ccnc2C(C)C)c1OC(C)=O. The molecule has 0 N–H and O–H groups in total. The number of benzene rings is 1. The van der Waals surface area contributed by atoms with Crippen LogP contribution in [0.2, 0.25) is 0 Å². The number of esters is 1. The van der Waals surface area contributed by atoms with Crippen molar-refractivity contribution in [3.8, 4) is 28.4 Å². The van der Waals surface area contributed by atoms with Crippen LogP contribution in [0.1, 0.15) is 90.0 Å². The Morgan fingerprint density at radius 2 is 1.80 bits per heavy atom. The monoisotopic (exact) mass is 682 g/mol. The van der Waals surface area contributed by atoms with Gasteiger partial charge in [0, 0.05) is 44.4 Å². The molecule has 1 amide bonds. The van der Waals surface area contributed by atoms with Gasteiger partial charge in [-0.1, -0.05) is 19.9 Å². The number of amides is 1. The van der Waals surface area contributed by atoms with E-state index in [1.54, 1.807) is 21.7 Å². The highest BCUT2D eigenvalue weighted by Crippen LogP contribution is 2.48.